The van der Waals surface area contributed by atoms with Gasteiger partial charge >= 0.3 is 0 Å². The summed E-state index contributed by atoms with van der Waals surface area (Å²) in [5, 5.41) is 2.72. The summed E-state index contributed by atoms with van der Waals surface area (Å²) in [6, 6.07) is 8.96. The lowest BCUT2D eigenvalue weighted by molar-refractivity contribution is -0.116. The van der Waals surface area contributed by atoms with Crippen LogP contribution in [0.2, 0.25) is 0 Å². The summed E-state index contributed by atoms with van der Waals surface area (Å²) in [7, 11) is 0. The van der Waals surface area contributed by atoms with Crippen molar-refractivity contribution >= 4 is 11.7 Å². The number of hydrogen-bond acceptors (Lipinski definition) is 2. The molecule has 7 heteroatoms. The van der Waals surface area contributed by atoms with Crippen LogP contribution in [0.3, 0.4) is 0 Å². The number of carbonyl (C=O) groups excluding carboxylic acids is 1. The normalized spacial score (nSPS) is 16.4. The maximum Gasteiger partial charge on any atom is 0.226 e. The Morgan fingerprint density at radius 3 is 2.48 bits per heavy atom. The van der Waals surface area contributed by atoms with Crippen molar-refractivity contribution in [2.24, 2.45) is 0 Å². The zero-order valence-corrected chi connectivity index (χ0v) is 12.8. The maximum absolute atomic E-state index is 14.2. The van der Waals surface area contributed by atoms with Gasteiger partial charge in [-0.1, -0.05) is 6.07 Å². The monoisotopic (exact) mass is 343 g/mol. The molecule has 2 aromatic carbocycles. The Hall–Kier alpha value is -3.09. The Balaban J connectivity index is 1.82. The molecule has 1 aromatic heterocycles. The minimum atomic E-state index is -0.720. The number of amides is 1. The SMILES string of the molecule is O=C1C[C@@H](c2ccc(F)cc2F)c2ncn(-c3ccc(F)cc3)c2N1. The van der Waals surface area contributed by atoms with E-state index in [9.17, 15) is 18.0 Å². The van der Waals surface area contributed by atoms with E-state index in [2.05, 4.69) is 10.3 Å². The van der Waals surface area contributed by atoms with E-state index in [1.807, 2.05) is 0 Å². The van der Waals surface area contributed by atoms with Gasteiger partial charge in [-0.2, -0.15) is 0 Å². The molecule has 1 N–H and O–H groups in total. The molecule has 0 bridgehead atoms. The molecule has 0 spiro atoms. The molecule has 25 heavy (non-hydrogen) atoms. The van der Waals surface area contributed by atoms with Crippen LogP contribution in [0.4, 0.5) is 19.0 Å². The van der Waals surface area contributed by atoms with Crippen LogP contribution < -0.4 is 5.32 Å². The molecular weight excluding hydrogens is 331 g/mol. The summed E-state index contributed by atoms with van der Waals surface area (Å²) in [5.74, 6) is -2.30. The topological polar surface area (TPSA) is 46.9 Å². The molecule has 1 aliphatic rings. The van der Waals surface area contributed by atoms with Crippen molar-refractivity contribution in [3.05, 3.63) is 77.5 Å². The molecule has 2 heterocycles. The molecule has 1 amide bonds. The average molecular weight is 343 g/mol. The molecule has 0 fully saturated rings. The van der Waals surface area contributed by atoms with Crippen LogP contribution in [0.25, 0.3) is 5.69 Å². The number of fused-ring (bicyclic) bond motifs is 1. The van der Waals surface area contributed by atoms with Crippen molar-refractivity contribution in [1.82, 2.24) is 9.55 Å². The molecule has 4 rings (SSSR count). The number of hydrogen-bond donors (Lipinski definition) is 1. The fourth-order valence-electron chi connectivity index (χ4n) is 3.05. The van der Waals surface area contributed by atoms with Crippen molar-refractivity contribution in [1.29, 1.82) is 0 Å². The van der Waals surface area contributed by atoms with Crippen LogP contribution in [-0.2, 0) is 4.79 Å². The Bertz CT molecular complexity index is 966. The molecule has 1 aliphatic heterocycles. The first-order valence-corrected chi connectivity index (χ1v) is 7.61. The molecule has 0 aliphatic carbocycles. The van der Waals surface area contributed by atoms with Gasteiger partial charge in [0.05, 0.1) is 5.69 Å². The number of nitrogens with zero attached hydrogens (tertiary/aromatic N) is 2. The molecule has 1 atom stereocenters. The molecule has 0 saturated carbocycles. The lowest BCUT2D eigenvalue weighted by atomic mass is 9.89. The van der Waals surface area contributed by atoms with E-state index in [1.165, 1.54) is 24.5 Å². The first-order valence-electron chi connectivity index (χ1n) is 7.61. The molecule has 126 valence electrons. The lowest BCUT2D eigenvalue weighted by Gasteiger charge is -2.23. The van der Waals surface area contributed by atoms with Crippen LogP contribution in [0, 0.1) is 17.5 Å². The van der Waals surface area contributed by atoms with Gasteiger partial charge in [-0.05, 0) is 35.9 Å². The molecule has 4 nitrogen and oxygen atoms in total. The van der Waals surface area contributed by atoms with Gasteiger partial charge in [-0.25, -0.2) is 18.2 Å². The average Bonchev–Trinajstić information content (AvgIpc) is 2.99. The highest BCUT2D eigenvalue weighted by molar-refractivity contribution is 5.94. The third kappa shape index (κ3) is 2.67. The van der Waals surface area contributed by atoms with Gasteiger partial charge in [0.15, 0.2) is 0 Å². The van der Waals surface area contributed by atoms with Gasteiger partial charge in [-0.15, -0.1) is 0 Å². The summed E-state index contributed by atoms with van der Waals surface area (Å²) in [6.07, 6.45) is 1.49. The summed E-state index contributed by atoms with van der Waals surface area (Å²) in [6.45, 7) is 0. The van der Waals surface area contributed by atoms with E-state index in [0.717, 1.165) is 12.1 Å². The van der Waals surface area contributed by atoms with Crippen LogP contribution in [0.1, 0.15) is 23.6 Å². The minimum absolute atomic E-state index is 0.00990. The maximum atomic E-state index is 14.2. The molecule has 0 unspecified atom stereocenters. The van der Waals surface area contributed by atoms with E-state index in [0.29, 0.717) is 17.2 Å². The standard InChI is InChI=1S/C18H12F3N3O/c19-10-1-4-12(5-2-10)24-9-22-17-14(8-16(25)23-18(17)24)13-6-3-11(20)7-15(13)21/h1-7,9,14H,8H2,(H,23,25)/t14-/m0/s1. The number of anilines is 1. The largest absolute Gasteiger partial charge is 0.310 e. The van der Waals surface area contributed by atoms with Crippen LogP contribution >= 0.6 is 0 Å². The molecule has 3 aromatic rings. The highest BCUT2D eigenvalue weighted by atomic mass is 19.1. The van der Waals surface area contributed by atoms with Crippen molar-refractivity contribution < 1.29 is 18.0 Å². The predicted octanol–water partition coefficient (Wildman–Crippen LogP) is 3.76. The second-order valence-electron chi connectivity index (χ2n) is 5.80. The minimum Gasteiger partial charge on any atom is -0.310 e. The van der Waals surface area contributed by atoms with E-state index in [-0.39, 0.29) is 23.7 Å². The zero-order valence-electron chi connectivity index (χ0n) is 12.8. The predicted molar refractivity (Wildman–Crippen MR) is 85.0 cm³/mol. The number of imidazole rings is 1. The lowest BCUT2D eigenvalue weighted by Crippen LogP contribution is -2.25. The first-order chi connectivity index (χ1) is 12.0. The van der Waals surface area contributed by atoms with Gasteiger partial charge in [0.1, 0.15) is 29.6 Å². The van der Waals surface area contributed by atoms with E-state index in [1.54, 1.807) is 16.7 Å². The fourth-order valence-corrected chi connectivity index (χ4v) is 3.05. The van der Waals surface area contributed by atoms with E-state index >= 15 is 0 Å². The Morgan fingerprint density at radius 2 is 1.76 bits per heavy atom. The number of rotatable bonds is 2. The smallest absolute Gasteiger partial charge is 0.226 e. The number of halogens is 3. The Morgan fingerprint density at radius 1 is 1.04 bits per heavy atom. The number of benzene rings is 2. The second-order valence-corrected chi connectivity index (χ2v) is 5.80. The van der Waals surface area contributed by atoms with E-state index < -0.39 is 17.6 Å². The third-order valence-electron chi connectivity index (χ3n) is 4.22. The molecular formula is C18H12F3N3O. The molecule has 0 radical (unpaired) electrons. The Labute approximate surface area is 140 Å². The first kappa shape index (κ1) is 15.4. The van der Waals surface area contributed by atoms with Gasteiger partial charge in [0.2, 0.25) is 5.91 Å². The summed E-state index contributed by atoms with van der Waals surface area (Å²) >= 11 is 0. The highest BCUT2D eigenvalue weighted by Crippen LogP contribution is 2.38. The highest BCUT2D eigenvalue weighted by Gasteiger charge is 2.32. The van der Waals surface area contributed by atoms with Gasteiger partial charge in [0.25, 0.3) is 0 Å². The van der Waals surface area contributed by atoms with E-state index in [4.69, 9.17) is 0 Å². The van der Waals surface area contributed by atoms with Crippen molar-refractivity contribution in [2.45, 2.75) is 12.3 Å². The van der Waals surface area contributed by atoms with Gasteiger partial charge in [0, 0.05) is 24.1 Å². The van der Waals surface area contributed by atoms with Gasteiger partial charge < -0.3 is 5.32 Å². The summed E-state index contributed by atoms with van der Waals surface area (Å²) < 4.78 is 42.1. The second kappa shape index (κ2) is 5.77. The third-order valence-corrected chi connectivity index (χ3v) is 4.22. The van der Waals surface area contributed by atoms with Crippen molar-refractivity contribution in [3.63, 3.8) is 0 Å². The number of aromatic nitrogens is 2. The Kier molecular flexibility index (Phi) is 3.56. The van der Waals surface area contributed by atoms with Crippen LogP contribution in [-0.4, -0.2) is 15.5 Å². The van der Waals surface area contributed by atoms with Crippen molar-refractivity contribution in [3.8, 4) is 5.69 Å². The summed E-state index contributed by atoms with van der Waals surface area (Å²) in [4.78, 5) is 16.4. The van der Waals surface area contributed by atoms with Crippen LogP contribution in [0.5, 0.6) is 0 Å². The van der Waals surface area contributed by atoms with Gasteiger partial charge in [-0.3, -0.25) is 9.36 Å². The summed E-state index contributed by atoms with van der Waals surface area (Å²) in [5.41, 5.74) is 1.30. The number of carbonyl (C=O) groups is 1. The quantitative estimate of drug-likeness (QED) is 0.770. The molecule has 0 saturated heterocycles. The fraction of sp³-hybridized carbons (Fsp3) is 0.111. The zero-order chi connectivity index (χ0) is 17.6. The van der Waals surface area contributed by atoms with Crippen LogP contribution in [0.15, 0.2) is 48.8 Å². The number of nitrogens with one attached hydrogen (secondary N) is 1. The van der Waals surface area contributed by atoms with Crippen molar-refractivity contribution in [2.75, 3.05) is 5.32 Å².